The summed E-state index contributed by atoms with van der Waals surface area (Å²) in [6.07, 6.45) is -4.06. The lowest BCUT2D eigenvalue weighted by molar-refractivity contribution is -0.274. The van der Waals surface area contributed by atoms with E-state index in [0.29, 0.717) is 31.6 Å². The lowest BCUT2D eigenvalue weighted by atomic mass is 10.2. The molecule has 0 aliphatic carbocycles. The lowest BCUT2D eigenvalue weighted by Gasteiger charge is -2.20. The highest BCUT2D eigenvalue weighted by atomic mass is 19.4. The van der Waals surface area contributed by atoms with Gasteiger partial charge in [0.1, 0.15) is 5.75 Å². The number of hydrogen-bond acceptors (Lipinski definition) is 3. The molecule has 1 aromatic carbocycles. The van der Waals surface area contributed by atoms with Crippen molar-refractivity contribution in [2.24, 2.45) is 5.73 Å². The summed E-state index contributed by atoms with van der Waals surface area (Å²) in [6, 6.07) is 4.87. The second-order valence-electron chi connectivity index (χ2n) is 4.10. The zero-order valence-corrected chi connectivity index (χ0v) is 11.1. The zero-order valence-electron chi connectivity index (χ0n) is 11.1. The van der Waals surface area contributed by atoms with Crippen molar-refractivity contribution in [3.05, 3.63) is 29.8 Å². The van der Waals surface area contributed by atoms with Gasteiger partial charge in [0, 0.05) is 18.7 Å². The number of carbonyl (C=O) groups is 1. The molecule has 2 N–H and O–H groups in total. The van der Waals surface area contributed by atoms with Crippen molar-refractivity contribution in [2.45, 2.75) is 19.7 Å². The van der Waals surface area contributed by atoms with Gasteiger partial charge in [-0.3, -0.25) is 4.79 Å². The van der Waals surface area contributed by atoms with Gasteiger partial charge in [0.25, 0.3) is 5.91 Å². The first kappa shape index (κ1) is 16.3. The fraction of sp³-hybridized carbons (Fsp3) is 0.462. The normalized spacial score (nSPS) is 11.2. The SMILES string of the molecule is CCN(CCCN)C(=O)c1ccc(OC(F)(F)F)cc1. The van der Waals surface area contributed by atoms with E-state index in [9.17, 15) is 18.0 Å². The number of halogens is 3. The first-order chi connectivity index (χ1) is 9.37. The summed E-state index contributed by atoms with van der Waals surface area (Å²) in [6.45, 7) is 3.34. The number of alkyl halides is 3. The fourth-order valence-corrected chi connectivity index (χ4v) is 1.67. The van der Waals surface area contributed by atoms with Crippen LogP contribution in [0, 0.1) is 0 Å². The van der Waals surface area contributed by atoms with Gasteiger partial charge in [-0.2, -0.15) is 0 Å². The van der Waals surface area contributed by atoms with Gasteiger partial charge in [0.05, 0.1) is 0 Å². The van der Waals surface area contributed by atoms with Crippen LogP contribution in [0.1, 0.15) is 23.7 Å². The average molecular weight is 290 g/mol. The minimum atomic E-state index is -4.73. The van der Waals surface area contributed by atoms with E-state index in [4.69, 9.17) is 5.73 Å². The van der Waals surface area contributed by atoms with Crippen LogP contribution < -0.4 is 10.5 Å². The van der Waals surface area contributed by atoms with Crippen LogP contribution in [0.25, 0.3) is 0 Å². The summed E-state index contributed by atoms with van der Waals surface area (Å²) >= 11 is 0. The van der Waals surface area contributed by atoms with Crippen molar-refractivity contribution in [1.29, 1.82) is 0 Å². The Kier molecular flexibility index (Phi) is 5.82. The van der Waals surface area contributed by atoms with E-state index in [1.165, 1.54) is 12.1 Å². The molecule has 1 aromatic rings. The first-order valence-electron chi connectivity index (χ1n) is 6.22. The van der Waals surface area contributed by atoms with Gasteiger partial charge in [-0.1, -0.05) is 0 Å². The topological polar surface area (TPSA) is 55.6 Å². The molecule has 20 heavy (non-hydrogen) atoms. The van der Waals surface area contributed by atoms with Crippen molar-refractivity contribution >= 4 is 5.91 Å². The van der Waals surface area contributed by atoms with Gasteiger partial charge < -0.3 is 15.4 Å². The van der Waals surface area contributed by atoms with E-state index < -0.39 is 6.36 Å². The smallest absolute Gasteiger partial charge is 0.406 e. The van der Waals surface area contributed by atoms with E-state index in [0.717, 1.165) is 12.1 Å². The highest BCUT2D eigenvalue weighted by molar-refractivity contribution is 5.94. The number of amides is 1. The third-order valence-corrected chi connectivity index (χ3v) is 2.64. The maximum Gasteiger partial charge on any atom is 0.573 e. The molecular formula is C13H17F3N2O2. The van der Waals surface area contributed by atoms with Crippen LogP contribution in [0.15, 0.2) is 24.3 Å². The van der Waals surface area contributed by atoms with Crippen molar-refractivity contribution in [2.75, 3.05) is 19.6 Å². The second-order valence-corrected chi connectivity index (χ2v) is 4.10. The Balaban J connectivity index is 2.74. The standard InChI is InChI=1S/C13H17F3N2O2/c1-2-18(9-3-8-17)12(19)10-4-6-11(7-5-10)20-13(14,15)16/h4-7H,2-3,8-9,17H2,1H3. The lowest BCUT2D eigenvalue weighted by Crippen LogP contribution is -2.32. The number of carbonyl (C=O) groups excluding carboxylic acids is 1. The van der Waals surface area contributed by atoms with E-state index >= 15 is 0 Å². The van der Waals surface area contributed by atoms with Crippen LogP contribution in [0.2, 0.25) is 0 Å². The molecule has 0 saturated heterocycles. The Morgan fingerprint density at radius 2 is 1.90 bits per heavy atom. The Bertz CT molecular complexity index is 432. The van der Waals surface area contributed by atoms with Gasteiger partial charge in [-0.05, 0) is 44.2 Å². The zero-order chi connectivity index (χ0) is 15.2. The average Bonchev–Trinajstić information content (AvgIpc) is 2.38. The molecule has 0 atom stereocenters. The van der Waals surface area contributed by atoms with E-state index in [1.807, 2.05) is 6.92 Å². The summed E-state index contributed by atoms with van der Waals surface area (Å²) in [5.74, 6) is -0.585. The number of nitrogens with two attached hydrogens (primary N) is 1. The van der Waals surface area contributed by atoms with Crippen LogP contribution in [-0.4, -0.2) is 36.8 Å². The summed E-state index contributed by atoms with van der Waals surface area (Å²) in [7, 11) is 0. The number of benzene rings is 1. The predicted octanol–water partition coefficient (Wildman–Crippen LogP) is 2.40. The van der Waals surface area contributed by atoms with Gasteiger partial charge in [-0.25, -0.2) is 0 Å². The van der Waals surface area contributed by atoms with Crippen molar-refractivity contribution < 1.29 is 22.7 Å². The summed E-state index contributed by atoms with van der Waals surface area (Å²) in [4.78, 5) is 13.7. The summed E-state index contributed by atoms with van der Waals surface area (Å²) in [5, 5.41) is 0. The third-order valence-electron chi connectivity index (χ3n) is 2.64. The van der Waals surface area contributed by atoms with Crippen molar-refractivity contribution in [3.63, 3.8) is 0 Å². The number of rotatable bonds is 6. The first-order valence-corrected chi connectivity index (χ1v) is 6.22. The van der Waals surface area contributed by atoms with Crippen molar-refractivity contribution in [3.8, 4) is 5.75 Å². The molecule has 0 bridgehead atoms. The highest BCUT2D eigenvalue weighted by Crippen LogP contribution is 2.23. The van der Waals surface area contributed by atoms with Gasteiger partial charge >= 0.3 is 6.36 Å². The quantitative estimate of drug-likeness (QED) is 0.875. The maximum absolute atomic E-state index is 12.1. The molecule has 0 aliphatic heterocycles. The highest BCUT2D eigenvalue weighted by Gasteiger charge is 2.31. The molecule has 0 spiro atoms. The molecule has 112 valence electrons. The minimum Gasteiger partial charge on any atom is -0.406 e. The molecule has 4 nitrogen and oxygen atoms in total. The molecular weight excluding hydrogens is 273 g/mol. The van der Waals surface area contributed by atoms with E-state index in [-0.39, 0.29) is 11.7 Å². The molecule has 0 aromatic heterocycles. The predicted molar refractivity (Wildman–Crippen MR) is 68.4 cm³/mol. The number of hydrogen-bond donors (Lipinski definition) is 1. The molecule has 0 unspecified atom stereocenters. The monoisotopic (exact) mass is 290 g/mol. The minimum absolute atomic E-state index is 0.237. The van der Waals surface area contributed by atoms with E-state index in [1.54, 1.807) is 4.90 Å². The molecule has 0 saturated carbocycles. The fourth-order valence-electron chi connectivity index (χ4n) is 1.67. The molecule has 7 heteroatoms. The third kappa shape index (κ3) is 5.08. The maximum atomic E-state index is 12.1. The Hall–Kier alpha value is -1.76. The van der Waals surface area contributed by atoms with E-state index in [2.05, 4.69) is 4.74 Å². The molecule has 1 rings (SSSR count). The Labute approximate surface area is 115 Å². The molecule has 0 radical (unpaired) electrons. The van der Waals surface area contributed by atoms with Gasteiger partial charge in [0.15, 0.2) is 0 Å². The summed E-state index contributed by atoms with van der Waals surface area (Å²) < 4.78 is 39.8. The number of nitrogens with zero attached hydrogens (tertiary/aromatic N) is 1. The van der Waals surface area contributed by atoms with Crippen LogP contribution in [0.3, 0.4) is 0 Å². The molecule has 0 heterocycles. The Morgan fingerprint density at radius 3 is 2.35 bits per heavy atom. The second kappa shape index (κ2) is 7.14. The van der Waals surface area contributed by atoms with Crippen LogP contribution in [0.4, 0.5) is 13.2 Å². The largest absolute Gasteiger partial charge is 0.573 e. The van der Waals surface area contributed by atoms with Crippen molar-refractivity contribution in [1.82, 2.24) is 4.90 Å². The molecule has 0 aliphatic rings. The Morgan fingerprint density at radius 1 is 1.30 bits per heavy atom. The number of ether oxygens (including phenoxy) is 1. The van der Waals surface area contributed by atoms with Gasteiger partial charge in [0.2, 0.25) is 0 Å². The van der Waals surface area contributed by atoms with Crippen LogP contribution in [-0.2, 0) is 0 Å². The van der Waals surface area contributed by atoms with Gasteiger partial charge in [-0.15, -0.1) is 13.2 Å². The molecule has 1 amide bonds. The molecule has 0 fully saturated rings. The summed E-state index contributed by atoms with van der Waals surface area (Å²) in [5.41, 5.74) is 5.71. The van der Waals surface area contributed by atoms with Crippen LogP contribution in [0.5, 0.6) is 5.75 Å². The van der Waals surface area contributed by atoms with Crippen LogP contribution >= 0.6 is 0 Å².